The van der Waals surface area contributed by atoms with Gasteiger partial charge >= 0.3 is 5.97 Å². The molecular formula is C20H31NO2S. The molecule has 0 N–H and O–H groups in total. The molecule has 2 fully saturated rings. The van der Waals surface area contributed by atoms with Gasteiger partial charge in [0.25, 0.3) is 0 Å². The lowest BCUT2D eigenvalue weighted by atomic mass is 9.79. The van der Waals surface area contributed by atoms with E-state index in [-0.39, 0.29) is 11.9 Å². The number of carbonyl (C=O) groups is 1. The Labute approximate surface area is 150 Å². The quantitative estimate of drug-likeness (QED) is 0.689. The van der Waals surface area contributed by atoms with E-state index >= 15 is 0 Å². The molecule has 0 spiro atoms. The largest absolute Gasteiger partial charge is 0.464 e. The molecule has 0 radical (unpaired) electrons. The van der Waals surface area contributed by atoms with E-state index in [9.17, 15) is 4.79 Å². The number of rotatable bonds is 6. The van der Waals surface area contributed by atoms with Crippen molar-refractivity contribution in [3.63, 3.8) is 0 Å². The molecule has 24 heavy (non-hydrogen) atoms. The first-order chi connectivity index (χ1) is 11.8. The monoisotopic (exact) mass is 349 g/mol. The summed E-state index contributed by atoms with van der Waals surface area (Å²) >= 11 is 1.71. The van der Waals surface area contributed by atoms with E-state index < -0.39 is 0 Å². The van der Waals surface area contributed by atoms with Crippen LogP contribution in [0.1, 0.15) is 68.6 Å². The summed E-state index contributed by atoms with van der Waals surface area (Å²) in [6.45, 7) is 3.77. The van der Waals surface area contributed by atoms with Gasteiger partial charge in [0, 0.05) is 11.4 Å². The summed E-state index contributed by atoms with van der Waals surface area (Å²) < 4.78 is 5.75. The number of carbonyl (C=O) groups excluding carboxylic acids is 1. The van der Waals surface area contributed by atoms with E-state index in [1.807, 2.05) is 0 Å². The van der Waals surface area contributed by atoms with E-state index in [2.05, 4.69) is 22.4 Å². The van der Waals surface area contributed by atoms with E-state index in [0.717, 1.165) is 19.6 Å². The summed E-state index contributed by atoms with van der Waals surface area (Å²) in [7, 11) is 0. The number of nitrogens with zero attached hydrogens (tertiary/aromatic N) is 1. The van der Waals surface area contributed by atoms with Gasteiger partial charge in [0.1, 0.15) is 6.61 Å². The normalized spacial score (nSPS) is 22.0. The topological polar surface area (TPSA) is 29.5 Å². The maximum absolute atomic E-state index is 12.8. The molecule has 1 saturated heterocycles. The summed E-state index contributed by atoms with van der Waals surface area (Å²) in [5.41, 5.74) is 0. The lowest BCUT2D eigenvalue weighted by molar-refractivity contribution is -0.147. The van der Waals surface area contributed by atoms with Gasteiger partial charge in [-0.25, -0.2) is 0 Å². The number of hydrogen-bond donors (Lipinski definition) is 0. The van der Waals surface area contributed by atoms with Crippen molar-refractivity contribution in [2.24, 2.45) is 5.92 Å². The van der Waals surface area contributed by atoms with Gasteiger partial charge in [0.15, 0.2) is 0 Å². The van der Waals surface area contributed by atoms with E-state index in [1.54, 1.807) is 11.3 Å². The number of hydrogen-bond acceptors (Lipinski definition) is 4. The molecule has 1 aromatic heterocycles. The molecule has 134 valence electrons. The van der Waals surface area contributed by atoms with Gasteiger partial charge in [-0.15, -0.1) is 11.3 Å². The smallest absolute Gasteiger partial charge is 0.314 e. The molecule has 3 rings (SSSR count). The number of thiophene rings is 1. The number of esters is 1. The third-order valence-corrected chi connectivity index (χ3v) is 6.53. The van der Waals surface area contributed by atoms with Crippen molar-refractivity contribution in [3.05, 3.63) is 22.4 Å². The van der Waals surface area contributed by atoms with Gasteiger partial charge in [0.2, 0.25) is 0 Å². The molecule has 3 nitrogen and oxygen atoms in total. The first-order valence-corrected chi connectivity index (χ1v) is 10.6. The molecule has 0 amide bonds. The number of likely N-dealkylation sites (tertiary alicyclic amines) is 1. The van der Waals surface area contributed by atoms with Crippen molar-refractivity contribution >= 4 is 17.3 Å². The Hall–Kier alpha value is -0.870. The highest BCUT2D eigenvalue weighted by Crippen LogP contribution is 2.38. The first kappa shape index (κ1) is 17.9. The van der Waals surface area contributed by atoms with Crippen molar-refractivity contribution in [1.82, 2.24) is 4.90 Å². The molecule has 2 aliphatic rings. The molecule has 0 aromatic carbocycles. The second kappa shape index (κ2) is 9.57. The summed E-state index contributed by atoms with van der Waals surface area (Å²) in [6, 6.07) is 4.17. The summed E-state index contributed by atoms with van der Waals surface area (Å²) in [6.07, 6.45) is 11.4. The van der Waals surface area contributed by atoms with Crippen LogP contribution >= 0.6 is 11.3 Å². The van der Waals surface area contributed by atoms with E-state index in [4.69, 9.17) is 4.74 Å². The van der Waals surface area contributed by atoms with Crippen LogP contribution in [0.4, 0.5) is 0 Å². The third kappa shape index (κ3) is 5.06. The fourth-order valence-corrected chi connectivity index (χ4v) is 5.11. The number of ether oxygens (including phenoxy) is 1. The molecule has 4 heteroatoms. The van der Waals surface area contributed by atoms with Crippen LogP contribution in [-0.2, 0) is 9.53 Å². The Morgan fingerprint density at radius 2 is 1.83 bits per heavy atom. The van der Waals surface area contributed by atoms with Crippen LogP contribution in [0.15, 0.2) is 17.5 Å². The zero-order valence-corrected chi connectivity index (χ0v) is 15.6. The minimum atomic E-state index is -0.0329. The Kier molecular flexibility index (Phi) is 7.15. The molecule has 1 aliphatic heterocycles. The second-order valence-corrected chi connectivity index (χ2v) is 8.29. The first-order valence-electron chi connectivity index (χ1n) is 9.77. The summed E-state index contributed by atoms with van der Waals surface area (Å²) in [5, 5.41) is 2.08. The van der Waals surface area contributed by atoms with Gasteiger partial charge in [-0.2, -0.15) is 0 Å². The van der Waals surface area contributed by atoms with Gasteiger partial charge in [-0.3, -0.25) is 9.69 Å². The lowest BCUT2D eigenvalue weighted by Crippen LogP contribution is -2.31. The van der Waals surface area contributed by atoms with Gasteiger partial charge in [-0.05, 0) is 56.1 Å². The molecule has 1 aliphatic carbocycles. The summed E-state index contributed by atoms with van der Waals surface area (Å²) in [4.78, 5) is 16.5. The molecule has 0 bridgehead atoms. The Bertz CT molecular complexity index is 474. The Morgan fingerprint density at radius 1 is 1.12 bits per heavy atom. The molecule has 1 aromatic rings. The van der Waals surface area contributed by atoms with Crippen molar-refractivity contribution in [2.45, 2.75) is 63.7 Å². The minimum absolute atomic E-state index is 0.0131. The van der Waals surface area contributed by atoms with Gasteiger partial charge in [0.05, 0.1) is 5.92 Å². The minimum Gasteiger partial charge on any atom is -0.464 e. The third-order valence-electron chi connectivity index (χ3n) is 5.58. The fourth-order valence-electron chi connectivity index (χ4n) is 4.20. The summed E-state index contributed by atoms with van der Waals surface area (Å²) in [5.74, 6) is 0.455. The molecule has 1 saturated carbocycles. The highest BCUT2D eigenvalue weighted by atomic mass is 32.1. The van der Waals surface area contributed by atoms with Crippen molar-refractivity contribution < 1.29 is 9.53 Å². The van der Waals surface area contributed by atoms with Gasteiger partial charge in [-0.1, -0.05) is 38.2 Å². The van der Waals surface area contributed by atoms with Crippen LogP contribution in [0.3, 0.4) is 0 Å². The predicted molar refractivity (Wildman–Crippen MR) is 99.5 cm³/mol. The van der Waals surface area contributed by atoms with Crippen molar-refractivity contribution in [1.29, 1.82) is 0 Å². The van der Waals surface area contributed by atoms with E-state index in [0.29, 0.717) is 12.5 Å². The van der Waals surface area contributed by atoms with Crippen LogP contribution in [-0.4, -0.2) is 37.1 Å². The SMILES string of the molecule is O=C(OCCN1CCCCCC1)[C@H](c1cccs1)C1CCCCC1. The van der Waals surface area contributed by atoms with Crippen LogP contribution in [0.2, 0.25) is 0 Å². The standard InChI is InChI=1S/C20H31NO2S/c22-20(23-15-14-21-12-6-1-2-7-13-21)19(18-11-8-16-24-18)17-9-4-3-5-10-17/h8,11,16-17,19H,1-7,9-10,12-15H2/t19-/m0/s1. The molecule has 1 atom stereocenters. The van der Waals surface area contributed by atoms with Crippen LogP contribution in [0.5, 0.6) is 0 Å². The van der Waals surface area contributed by atoms with Crippen LogP contribution in [0, 0.1) is 5.92 Å². The average Bonchev–Trinajstić information content (AvgIpc) is 3.00. The zero-order valence-electron chi connectivity index (χ0n) is 14.8. The highest BCUT2D eigenvalue weighted by Gasteiger charge is 2.33. The van der Waals surface area contributed by atoms with Gasteiger partial charge < -0.3 is 4.74 Å². The van der Waals surface area contributed by atoms with Crippen LogP contribution in [0.25, 0.3) is 0 Å². The van der Waals surface area contributed by atoms with Crippen molar-refractivity contribution in [2.75, 3.05) is 26.2 Å². The zero-order chi connectivity index (χ0) is 16.6. The molecular weight excluding hydrogens is 318 g/mol. The fraction of sp³-hybridized carbons (Fsp3) is 0.750. The highest BCUT2D eigenvalue weighted by molar-refractivity contribution is 7.10. The molecule has 0 unspecified atom stereocenters. The Morgan fingerprint density at radius 3 is 2.50 bits per heavy atom. The maximum atomic E-state index is 12.8. The van der Waals surface area contributed by atoms with Crippen molar-refractivity contribution in [3.8, 4) is 0 Å². The van der Waals surface area contributed by atoms with Crippen LogP contribution < -0.4 is 0 Å². The Balaban J connectivity index is 1.53. The average molecular weight is 350 g/mol. The predicted octanol–water partition coefficient (Wildman–Crippen LogP) is 4.83. The maximum Gasteiger partial charge on any atom is 0.314 e. The molecule has 2 heterocycles. The van der Waals surface area contributed by atoms with E-state index in [1.165, 1.54) is 62.7 Å². The second-order valence-electron chi connectivity index (χ2n) is 7.31. The lowest BCUT2D eigenvalue weighted by Gasteiger charge is -2.28.